The molecule has 0 aliphatic carbocycles. The molecule has 0 heterocycles. The van der Waals surface area contributed by atoms with E-state index in [4.69, 9.17) is 14.6 Å². The van der Waals surface area contributed by atoms with Crippen LogP contribution in [0.3, 0.4) is 0 Å². The van der Waals surface area contributed by atoms with Crippen molar-refractivity contribution in [3.05, 3.63) is 29.6 Å². The summed E-state index contributed by atoms with van der Waals surface area (Å²) in [6, 6.07) is 3.56. The van der Waals surface area contributed by atoms with Crippen molar-refractivity contribution in [3.8, 4) is 5.75 Å². The van der Waals surface area contributed by atoms with Gasteiger partial charge in [0, 0.05) is 6.61 Å². The van der Waals surface area contributed by atoms with Gasteiger partial charge in [-0.05, 0) is 30.5 Å². The molecule has 106 valence electrons. The van der Waals surface area contributed by atoms with Crippen LogP contribution in [0.4, 0.5) is 4.39 Å². The molecule has 1 aromatic rings. The third-order valence-electron chi connectivity index (χ3n) is 2.50. The van der Waals surface area contributed by atoms with Crippen LogP contribution in [0.5, 0.6) is 5.75 Å². The summed E-state index contributed by atoms with van der Waals surface area (Å²) in [6.07, 6.45) is 0.974. The van der Waals surface area contributed by atoms with Gasteiger partial charge in [0.1, 0.15) is 6.61 Å². The highest BCUT2D eigenvalue weighted by molar-refractivity contribution is 5.87. The SMILES string of the molecule is CC(C)CCOCCOc1ccc(C(=O)O)cc1F. The van der Waals surface area contributed by atoms with Crippen LogP contribution in [0, 0.1) is 11.7 Å². The second-order valence-corrected chi connectivity index (χ2v) is 4.59. The van der Waals surface area contributed by atoms with E-state index in [0.717, 1.165) is 12.5 Å². The van der Waals surface area contributed by atoms with Crippen LogP contribution in [0.1, 0.15) is 30.6 Å². The van der Waals surface area contributed by atoms with Gasteiger partial charge in [-0.1, -0.05) is 13.8 Å². The van der Waals surface area contributed by atoms with Gasteiger partial charge in [0.25, 0.3) is 0 Å². The first-order valence-corrected chi connectivity index (χ1v) is 6.24. The fourth-order valence-corrected chi connectivity index (χ4v) is 1.38. The molecule has 1 aromatic carbocycles. The summed E-state index contributed by atoms with van der Waals surface area (Å²) in [5, 5.41) is 8.69. The summed E-state index contributed by atoms with van der Waals surface area (Å²) in [5.74, 6) is -1.22. The standard InChI is InChI=1S/C14H19FO4/c1-10(2)5-6-18-7-8-19-13-4-3-11(14(16)17)9-12(13)15/h3-4,9-10H,5-8H2,1-2H3,(H,16,17). The molecule has 1 N–H and O–H groups in total. The van der Waals surface area contributed by atoms with E-state index in [1.165, 1.54) is 12.1 Å². The quantitative estimate of drug-likeness (QED) is 0.738. The van der Waals surface area contributed by atoms with Gasteiger partial charge >= 0.3 is 5.97 Å². The molecule has 0 aliphatic rings. The highest BCUT2D eigenvalue weighted by Crippen LogP contribution is 2.18. The molecule has 0 bridgehead atoms. The Labute approximate surface area is 112 Å². The molecule has 0 fully saturated rings. The normalized spacial score (nSPS) is 10.7. The molecule has 0 saturated carbocycles. The Balaban J connectivity index is 2.32. The number of carbonyl (C=O) groups is 1. The second-order valence-electron chi connectivity index (χ2n) is 4.59. The Kier molecular flexibility index (Phi) is 6.29. The van der Waals surface area contributed by atoms with E-state index in [1.807, 2.05) is 0 Å². The molecule has 0 aromatic heterocycles. The monoisotopic (exact) mass is 270 g/mol. The zero-order chi connectivity index (χ0) is 14.3. The Bertz CT molecular complexity index is 418. The van der Waals surface area contributed by atoms with E-state index in [0.29, 0.717) is 19.1 Å². The first kappa shape index (κ1) is 15.4. The van der Waals surface area contributed by atoms with Crippen LogP contribution in [0.2, 0.25) is 0 Å². The first-order chi connectivity index (χ1) is 9.00. The minimum Gasteiger partial charge on any atom is -0.488 e. The molecule has 0 aliphatic heterocycles. The molecule has 0 atom stereocenters. The van der Waals surface area contributed by atoms with E-state index < -0.39 is 11.8 Å². The Morgan fingerprint density at radius 2 is 2.05 bits per heavy atom. The number of ether oxygens (including phenoxy) is 2. The van der Waals surface area contributed by atoms with Crippen molar-refractivity contribution in [3.63, 3.8) is 0 Å². The van der Waals surface area contributed by atoms with Crippen molar-refractivity contribution in [2.24, 2.45) is 5.92 Å². The summed E-state index contributed by atoms with van der Waals surface area (Å²) in [5.41, 5.74) is -0.0990. The zero-order valence-corrected chi connectivity index (χ0v) is 11.2. The van der Waals surface area contributed by atoms with Crippen LogP contribution < -0.4 is 4.74 Å². The second kappa shape index (κ2) is 7.74. The number of halogens is 1. The Morgan fingerprint density at radius 1 is 1.32 bits per heavy atom. The molecule has 0 saturated heterocycles. The lowest BCUT2D eigenvalue weighted by Gasteiger charge is -2.09. The topological polar surface area (TPSA) is 55.8 Å². The third-order valence-corrected chi connectivity index (χ3v) is 2.50. The van der Waals surface area contributed by atoms with Gasteiger partial charge in [0.05, 0.1) is 12.2 Å². The molecule has 0 amide bonds. The molecule has 5 heteroatoms. The van der Waals surface area contributed by atoms with Crippen LogP contribution in [0.15, 0.2) is 18.2 Å². The predicted molar refractivity (Wildman–Crippen MR) is 69.1 cm³/mol. The fourth-order valence-electron chi connectivity index (χ4n) is 1.38. The van der Waals surface area contributed by atoms with Crippen molar-refractivity contribution in [2.45, 2.75) is 20.3 Å². The van der Waals surface area contributed by atoms with Gasteiger partial charge in [0.2, 0.25) is 0 Å². The fraction of sp³-hybridized carbons (Fsp3) is 0.500. The van der Waals surface area contributed by atoms with Crippen LogP contribution in [-0.4, -0.2) is 30.9 Å². The molecule has 19 heavy (non-hydrogen) atoms. The highest BCUT2D eigenvalue weighted by Gasteiger charge is 2.08. The third kappa shape index (κ3) is 5.70. The van der Waals surface area contributed by atoms with Crippen molar-refractivity contribution in [2.75, 3.05) is 19.8 Å². The summed E-state index contributed by atoms with van der Waals surface area (Å²) in [7, 11) is 0. The number of carboxylic acid groups (broad SMARTS) is 1. The lowest BCUT2D eigenvalue weighted by Crippen LogP contribution is -2.09. The van der Waals surface area contributed by atoms with Crippen LogP contribution in [0.25, 0.3) is 0 Å². The lowest BCUT2D eigenvalue weighted by molar-refractivity contribution is 0.0695. The average Bonchev–Trinajstić information content (AvgIpc) is 2.34. The maximum absolute atomic E-state index is 13.5. The minimum atomic E-state index is -1.16. The van der Waals surface area contributed by atoms with E-state index in [1.54, 1.807) is 0 Å². The average molecular weight is 270 g/mol. The van der Waals surface area contributed by atoms with Gasteiger partial charge in [-0.2, -0.15) is 0 Å². The number of carboxylic acids is 1. The summed E-state index contributed by atoms with van der Waals surface area (Å²) >= 11 is 0. The Hall–Kier alpha value is -1.62. The number of hydrogen-bond acceptors (Lipinski definition) is 3. The van der Waals surface area contributed by atoms with Gasteiger partial charge in [-0.15, -0.1) is 0 Å². The van der Waals surface area contributed by atoms with Gasteiger partial charge < -0.3 is 14.6 Å². The zero-order valence-electron chi connectivity index (χ0n) is 11.2. The Morgan fingerprint density at radius 3 is 2.63 bits per heavy atom. The van der Waals surface area contributed by atoms with E-state index in [9.17, 15) is 9.18 Å². The molecule has 1 rings (SSSR count). The molecule has 0 spiro atoms. The van der Waals surface area contributed by atoms with Crippen molar-refractivity contribution in [1.82, 2.24) is 0 Å². The van der Waals surface area contributed by atoms with Crippen molar-refractivity contribution >= 4 is 5.97 Å². The van der Waals surface area contributed by atoms with Crippen LogP contribution >= 0.6 is 0 Å². The summed E-state index contributed by atoms with van der Waals surface area (Å²) in [6.45, 7) is 5.49. The van der Waals surface area contributed by atoms with E-state index in [2.05, 4.69) is 13.8 Å². The van der Waals surface area contributed by atoms with Gasteiger partial charge in [-0.25, -0.2) is 9.18 Å². The number of aromatic carboxylic acids is 1. The largest absolute Gasteiger partial charge is 0.488 e. The smallest absolute Gasteiger partial charge is 0.335 e. The molecule has 0 radical (unpaired) electrons. The van der Waals surface area contributed by atoms with Crippen molar-refractivity contribution in [1.29, 1.82) is 0 Å². The summed E-state index contributed by atoms with van der Waals surface area (Å²) < 4.78 is 24.0. The van der Waals surface area contributed by atoms with Gasteiger partial charge in [-0.3, -0.25) is 0 Å². The summed E-state index contributed by atoms with van der Waals surface area (Å²) in [4.78, 5) is 10.6. The molecular weight excluding hydrogens is 251 g/mol. The molecule has 0 unspecified atom stereocenters. The highest BCUT2D eigenvalue weighted by atomic mass is 19.1. The number of rotatable bonds is 8. The van der Waals surface area contributed by atoms with Gasteiger partial charge in [0.15, 0.2) is 11.6 Å². The van der Waals surface area contributed by atoms with Crippen molar-refractivity contribution < 1.29 is 23.8 Å². The number of benzene rings is 1. The maximum atomic E-state index is 13.5. The molecular formula is C14H19FO4. The predicted octanol–water partition coefficient (Wildman–Crippen LogP) is 2.97. The van der Waals surface area contributed by atoms with Crippen LogP contribution in [-0.2, 0) is 4.74 Å². The maximum Gasteiger partial charge on any atom is 0.335 e. The lowest BCUT2D eigenvalue weighted by atomic mass is 10.1. The number of hydrogen-bond donors (Lipinski definition) is 1. The van der Waals surface area contributed by atoms with E-state index in [-0.39, 0.29) is 17.9 Å². The minimum absolute atomic E-state index is 0.0393. The molecule has 4 nitrogen and oxygen atoms in total. The first-order valence-electron chi connectivity index (χ1n) is 6.24. The van der Waals surface area contributed by atoms with E-state index >= 15 is 0 Å².